The smallest absolute Gasteiger partial charge is 0.243 e. The molecule has 5 saturated carbocycles. The first-order valence-corrected chi connectivity index (χ1v) is 20.5. The van der Waals surface area contributed by atoms with Gasteiger partial charge in [-0.15, -0.1) is 0 Å². The number of fused-ring (bicyclic) bond motifs is 5. The van der Waals surface area contributed by atoms with Crippen LogP contribution in [0.25, 0.3) is 0 Å². The van der Waals surface area contributed by atoms with Crippen LogP contribution in [0, 0.1) is 40.4 Å². The Morgan fingerprint density at radius 1 is 0.863 bits per heavy atom. The molecule has 3 amide bonds. The molecule has 0 bridgehead atoms. The molecule has 0 unspecified atom stereocenters. The van der Waals surface area contributed by atoms with E-state index in [2.05, 4.69) is 29.4 Å². The second-order valence-electron chi connectivity index (χ2n) is 18.0. The van der Waals surface area contributed by atoms with Crippen LogP contribution in [0.4, 0.5) is 0 Å². The minimum atomic E-state index is -0.734. The average molecular weight is 705 g/mol. The largest absolute Gasteiger partial charge is 0.393 e. The lowest BCUT2D eigenvalue weighted by Crippen LogP contribution is -2.62. The monoisotopic (exact) mass is 704 g/mol. The fraction of sp³-hybridized carbons (Fsp3) is 0.786. The number of nitrogens with zero attached hydrogens (tertiary/aromatic N) is 2. The van der Waals surface area contributed by atoms with Gasteiger partial charge in [0.05, 0.1) is 18.8 Å². The number of hydrogen-bond donors (Lipinski definition) is 4. The van der Waals surface area contributed by atoms with Crippen molar-refractivity contribution in [2.75, 3.05) is 32.7 Å². The first-order chi connectivity index (χ1) is 24.5. The quantitative estimate of drug-likeness (QED) is 0.296. The van der Waals surface area contributed by atoms with Crippen LogP contribution in [-0.4, -0.2) is 94.7 Å². The molecule has 1 heterocycles. The number of rotatable bonds is 9. The maximum Gasteiger partial charge on any atom is 0.243 e. The Morgan fingerprint density at radius 3 is 2.33 bits per heavy atom. The maximum atomic E-state index is 13.5. The van der Waals surface area contributed by atoms with E-state index in [4.69, 9.17) is 0 Å². The molecule has 6 aliphatic rings. The van der Waals surface area contributed by atoms with Crippen molar-refractivity contribution in [3.63, 3.8) is 0 Å². The summed E-state index contributed by atoms with van der Waals surface area (Å²) in [6.45, 7) is 7.37. The van der Waals surface area contributed by atoms with Crippen molar-refractivity contribution >= 4 is 17.7 Å². The van der Waals surface area contributed by atoms with E-state index in [1.54, 1.807) is 0 Å². The van der Waals surface area contributed by atoms with Gasteiger partial charge in [0, 0.05) is 45.1 Å². The van der Waals surface area contributed by atoms with E-state index in [0.29, 0.717) is 55.5 Å². The minimum absolute atomic E-state index is 0.0750. The Morgan fingerprint density at radius 2 is 1.59 bits per heavy atom. The predicted molar refractivity (Wildman–Crippen MR) is 197 cm³/mol. The van der Waals surface area contributed by atoms with Crippen molar-refractivity contribution in [2.24, 2.45) is 40.4 Å². The number of carbonyl (C=O) groups excluding carboxylic acids is 3. The summed E-state index contributed by atoms with van der Waals surface area (Å²) >= 11 is 0. The van der Waals surface area contributed by atoms with Gasteiger partial charge in [0.25, 0.3) is 0 Å². The number of benzene rings is 1. The third-order valence-corrected chi connectivity index (χ3v) is 15.3. The molecular weight excluding hydrogens is 640 g/mol. The van der Waals surface area contributed by atoms with Gasteiger partial charge in [-0.3, -0.25) is 19.3 Å². The molecule has 9 heteroatoms. The van der Waals surface area contributed by atoms with Crippen molar-refractivity contribution in [1.82, 2.24) is 20.4 Å². The predicted octanol–water partition coefficient (Wildman–Crippen LogP) is 4.69. The van der Waals surface area contributed by atoms with Crippen LogP contribution >= 0.6 is 0 Å². The molecule has 282 valence electrons. The molecule has 1 aromatic carbocycles. The van der Waals surface area contributed by atoms with Crippen molar-refractivity contribution < 1.29 is 24.6 Å². The van der Waals surface area contributed by atoms with Crippen molar-refractivity contribution in [3.8, 4) is 0 Å². The Kier molecular flexibility index (Phi) is 11.2. The van der Waals surface area contributed by atoms with Crippen molar-refractivity contribution in [2.45, 2.75) is 134 Å². The standard InChI is InChI=1S/C42H64N4O5/c1-41-18-17-33-31(32(41)15-16-37(41)48)14-13-30-25-36(47)35(26-42(30,33)2)45-19-21-46(22-20-45)39(50)27-43-40(51)34(23-28-9-5-3-6-10-28)44-38(49)24-29-11-7-4-8-12-29/h3,5-6,9-10,29-37,47-48H,4,7-8,11-27H2,1-2H3,(H,43,51)(H,44,49)/t30-,31-,32-,33-,34-,35-,36-,37-,41-,42-/m0/s1. The molecule has 7 rings (SSSR count). The van der Waals surface area contributed by atoms with E-state index in [0.717, 1.165) is 76.4 Å². The third kappa shape index (κ3) is 7.64. The summed E-state index contributed by atoms with van der Waals surface area (Å²) in [6.07, 6.45) is 14.7. The van der Waals surface area contributed by atoms with Crippen LogP contribution in [0.1, 0.15) is 109 Å². The van der Waals surface area contributed by atoms with Crippen LogP contribution in [0.3, 0.4) is 0 Å². The molecule has 51 heavy (non-hydrogen) atoms. The lowest BCUT2D eigenvalue weighted by molar-refractivity contribution is -0.156. The lowest BCUT2D eigenvalue weighted by Gasteiger charge is -2.62. The van der Waals surface area contributed by atoms with Crippen LogP contribution in [0.5, 0.6) is 0 Å². The highest BCUT2D eigenvalue weighted by Crippen LogP contribution is 2.66. The number of hydrogen-bond acceptors (Lipinski definition) is 6. The molecule has 1 saturated heterocycles. The van der Waals surface area contributed by atoms with Crippen LogP contribution in [0.2, 0.25) is 0 Å². The Bertz CT molecular complexity index is 1380. The highest BCUT2D eigenvalue weighted by atomic mass is 16.3. The molecule has 5 aliphatic carbocycles. The zero-order chi connectivity index (χ0) is 35.8. The van der Waals surface area contributed by atoms with Crippen LogP contribution in [0.15, 0.2) is 30.3 Å². The van der Waals surface area contributed by atoms with E-state index < -0.39 is 6.04 Å². The summed E-state index contributed by atoms with van der Waals surface area (Å²) in [5, 5.41) is 28.3. The fourth-order valence-electron chi connectivity index (χ4n) is 12.3. The third-order valence-electron chi connectivity index (χ3n) is 15.3. The van der Waals surface area contributed by atoms with E-state index in [1.165, 1.54) is 25.7 Å². The van der Waals surface area contributed by atoms with Crippen molar-refractivity contribution in [1.29, 1.82) is 0 Å². The molecule has 4 N–H and O–H groups in total. The molecule has 6 fully saturated rings. The van der Waals surface area contributed by atoms with Crippen LogP contribution < -0.4 is 10.6 Å². The number of amides is 3. The molecule has 0 aromatic heterocycles. The summed E-state index contributed by atoms with van der Waals surface area (Å²) in [4.78, 5) is 44.1. The Labute approximate surface area is 305 Å². The molecule has 10 atom stereocenters. The zero-order valence-electron chi connectivity index (χ0n) is 31.2. The Hall–Kier alpha value is -2.49. The number of aliphatic hydroxyl groups is 2. The molecule has 1 aliphatic heterocycles. The normalized spacial score (nSPS) is 37.8. The lowest BCUT2D eigenvalue weighted by atomic mass is 9.44. The van der Waals surface area contributed by atoms with Gasteiger partial charge in [-0.2, -0.15) is 0 Å². The van der Waals surface area contributed by atoms with E-state index in [1.807, 2.05) is 35.2 Å². The molecule has 9 nitrogen and oxygen atoms in total. The van der Waals surface area contributed by atoms with Gasteiger partial charge in [-0.05, 0) is 110 Å². The number of aliphatic hydroxyl groups excluding tert-OH is 2. The van der Waals surface area contributed by atoms with E-state index in [-0.39, 0.29) is 53.3 Å². The molecular formula is C42H64N4O5. The van der Waals surface area contributed by atoms with Gasteiger partial charge in [-0.1, -0.05) is 63.4 Å². The fourth-order valence-corrected chi connectivity index (χ4v) is 12.3. The molecule has 1 aromatic rings. The summed E-state index contributed by atoms with van der Waals surface area (Å²) in [6, 6.07) is 9.08. The number of carbonyl (C=O) groups is 3. The summed E-state index contributed by atoms with van der Waals surface area (Å²) in [5.74, 6) is 2.37. The number of piperazine rings is 1. The summed E-state index contributed by atoms with van der Waals surface area (Å²) in [5.41, 5.74) is 1.23. The van der Waals surface area contributed by atoms with Crippen molar-refractivity contribution in [3.05, 3.63) is 35.9 Å². The topological polar surface area (TPSA) is 122 Å². The van der Waals surface area contributed by atoms with Gasteiger partial charge < -0.3 is 25.7 Å². The molecule has 0 spiro atoms. The molecule has 0 radical (unpaired) electrons. The van der Waals surface area contributed by atoms with E-state index >= 15 is 0 Å². The summed E-state index contributed by atoms with van der Waals surface area (Å²) < 4.78 is 0. The maximum absolute atomic E-state index is 13.5. The highest BCUT2D eigenvalue weighted by molar-refractivity contribution is 5.90. The minimum Gasteiger partial charge on any atom is -0.393 e. The van der Waals surface area contributed by atoms with Gasteiger partial charge in [-0.25, -0.2) is 0 Å². The van der Waals surface area contributed by atoms with E-state index in [9.17, 15) is 24.6 Å². The Balaban J connectivity index is 0.919. The zero-order valence-corrected chi connectivity index (χ0v) is 31.2. The first-order valence-electron chi connectivity index (χ1n) is 20.5. The van der Waals surface area contributed by atoms with Gasteiger partial charge >= 0.3 is 0 Å². The second-order valence-corrected chi connectivity index (χ2v) is 18.0. The first kappa shape index (κ1) is 36.9. The van der Waals surface area contributed by atoms with Gasteiger partial charge in [0.1, 0.15) is 6.04 Å². The second kappa shape index (κ2) is 15.5. The number of nitrogens with one attached hydrogen (secondary N) is 2. The summed E-state index contributed by atoms with van der Waals surface area (Å²) in [7, 11) is 0. The van der Waals surface area contributed by atoms with Crippen LogP contribution in [-0.2, 0) is 20.8 Å². The SMILES string of the molecule is C[C@]12C[C@H](N3CCN(C(=O)CNC(=O)[C@H](Cc4ccccc4)NC(=O)CC4CCCCC4)CC3)[C@@H](O)C[C@@H]1CC[C@@H]1[C@@H]2CC[C@]2(C)[C@@H](O)CC[C@@H]12. The average Bonchev–Trinajstić information content (AvgIpc) is 3.44. The van der Waals surface area contributed by atoms with Gasteiger partial charge in [0.2, 0.25) is 17.7 Å². The highest BCUT2D eigenvalue weighted by Gasteiger charge is 2.61. The van der Waals surface area contributed by atoms with Gasteiger partial charge in [0.15, 0.2) is 0 Å².